The highest BCUT2D eigenvalue weighted by molar-refractivity contribution is 6.01. The van der Waals surface area contributed by atoms with Crippen LogP contribution in [0.2, 0.25) is 0 Å². The van der Waals surface area contributed by atoms with Gasteiger partial charge in [-0.25, -0.2) is 0 Å². The van der Waals surface area contributed by atoms with Crippen LogP contribution in [0, 0.1) is 0 Å². The zero-order chi connectivity index (χ0) is 15.0. The molecular formula is C18H17NO3. The van der Waals surface area contributed by atoms with Gasteiger partial charge in [0.05, 0.1) is 5.41 Å². The van der Waals surface area contributed by atoms with Crippen molar-refractivity contribution in [3.05, 3.63) is 54.1 Å². The normalized spacial score (nSPS) is 17.6. The summed E-state index contributed by atoms with van der Waals surface area (Å²) >= 11 is 0. The number of benzene rings is 2. The third-order valence-electron chi connectivity index (χ3n) is 4.31. The second-order valence-corrected chi connectivity index (χ2v) is 5.76. The second-order valence-electron chi connectivity index (χ2n) is 5.76. The molecule has 2 aliphatic rings. The zero-order valence-electron chi connectivity index (χ0n) is 12.2. The summed E-state index contributed by atoms with van der Waals surface area (Å²) in [5.41, 5.74) is 1.47. The van der Waals surface area contributed by atoms with Gasteiger partial charge >= 0.3 is 0 Å². The maximum atomic E-state index is 12.7. The van der Waals surface area contributed by atoms with E-state index in [0.29, 0.717) is 19.0 Å². The Morgan fingerprint density at radius 2 is 1.68 bits per heavy atom. The average Bonchev–Trinajstić information content (AvgIpc) is 3.37. The summed E-state index contributed by atoms with van der Waals surface area (Å²) in [7, 11) is 0. The zero-order valence-corrected chi connectivity index (χ0v) is 12.2. The molecule has 0 aromatic heterocycles. The van der Waals surface area contributed by atoms with E-state index in [1.165, 1.54) is 0 Å². The van der Waals surface area contributed by atoms with Gasteiger partial charge in [0.15, 0.2) is 11.5 Å². The quantitative estimate of drug-likeness (QED) is 0.946. The fraction of sp³-hybridized carbons (Fsp3) is 0.278. The largest absolute Gasteiger partial charge is 0.486 e. The summed E-state index contributed by atoms with van der Waals surface area (Å²) in [5, 5.41) is 3.02. The number of hydrogen-bond donors (Lipinski definition) is 1. The molecule has 0 radical (unpaired) electrons. The Morgan fingerprint density at radius 3 is 2.41 bits per heavy atom. The smallest absolute Gasteiger partial charge is 0.235 e. The van der Waals surface area contributed by atoms with Crippen LogP contribution in [0.15, 0.2) is 48.5 Å². The van der Waals surface area contributed by atoms with E-state index in [2.05, 4.69) is 5.32 Å². The van der Waals surface area contributed by atoms with Crippen molar-refractivity contribution in [2.24, 2.45) is 0 Å². The first-order chi connectivity index (χ1) is 10.8. The molecule has 1 amide bonds. The summed E-state index contributed by atoms with van der Waals surface area (Å²) in [6.45, 7) is 1.11. The van der Waals surface area contributed by atoms with Crippen molar-refractivity contribution in [1.82, 2.24) is 0 Å². The van der Waals surface area contributed by atoms with Gasteiger partial charge in [-0.1, -0.05) is 30.3 Å². The average molecular weight is 295 g/mol. The third-order valence-corrected chi connectivity index (χ3v) is 4.31. The molecule has 1 fully saturated rings. The molecule has 1 saturated carbocycles. The fourth-order valence-corrected chi connectivity index (χ4v) is 2.90. The lowest BCUT2D eigenvalue weighted by molar-refractivity contribution is -0.118. The monoisotopic (exact) mass is 295 g/mol. The standard InChI is InChI=1S/C18H17NO3/c20-17(18(8-9-18)13-4-2-1-3-5-13)19-14-6-7-15-16(12-14)22-11-10-21-15/h1-7,12H,8-11H2,(H,19,20). The molecule has 1 heterocycles. The van der Waals surface area contributed by atoms with Crippen LogP contribution >= 0.6 is 0 Å². The van der Waals surface area contributed by atoms with E-state index >= 15 is 0 Å². The highest BCUT2D eigenvalue weighted by Gasteiger charge is 2.51. The third kappa shape index (κ3) is 2.21. The molecule has 0 unspecified atom stereocenters. The molecule has 2 aromatic rings. The van der Waals surface area contributed by atoms with Crippen LogP contribution in [0.3, 0.4) is 0 Å². The van der Waals surface area contributed by atoms with Gasteiger partial charge in [0.2, 0.25) is 5.91 Å². The van der Waals surface area contributed by atoms with Crippen LogP contribution in [0.25, 0.3) is 0 Å². The van der Waals surface area contributed by atoms with E-state index in [1.54, 1.807) is 0 Å². The van der Waals surface area contributed by atoms with E-state index < -0.39 is 0 Å². The van der Waals surface area contributed by atoms with Gasteiger partial charge in [0.1, 0.15) is 13.2 Å². The predicted molar refractivity (Wildman–Crippen MR) is 83.4 cm³/mol. The number of rotatable bonds is 3. The first kappa shape index (κ1) is 13.2. The number of carbonyl (C=O) groups is 1. The molecule has 22 heavy (non-hydrogen) atoms. The molecule has 4 rings (SSSR count). The Kier molecular flexibility index (Phi) is 3.03. The minimum atomic E-state index is -0.367. The van der Waals surface area contributed by atoms with Crippen LogP contribution in [-0.2, 0) is 10.2 Å². The molecule has 112 valence electrons. The highest BCUT2D eigenvalue weighted by Crippen LogP contribution is 2.49. The summed E-state index contributed by atoms with van der Waals surface area (Å²) in [5.74, 6) is 1.47. The van der Waals surface area contributed by atoms with Gasteiger partial charge in [0, 0.05) is 11.8 Å². The van der Waals surface area contributed by atoms with Gasteiger partial charge in [-0.15, -0.1) is 0 Å². The van der Waals surface area contributed by atoms with Crippen molar-refractivity contribution < 1.29 is 14.3 Å². The molecule has 0 bridgehead atoms. The van der Waals surface area contributed by atoms with Crippen LogP contribution in [0.5, 0.6) is 11.5 Å². The van der Waals surface area contributed by atoms with Crippen molar-refractivity contribution in [3.8, 4) is 11.5 Å². The van der Waals surface area contributed by atoms with E-state index in [9.17, 15) is 4.79 Å². The predicted octanol–water partition coefficient (Wildman–Crippen LogP) is 3.13. The van der Waals surface area contributed by atoms with E-state index in [-0.39, 0.29) is 11.3 Å². The van der Waals surface area contributed by atoms with E-state index in [4.69, 9.17) is 9.47 Å². The summed E-state index contributed by atoms with van der Waals surface area (Å²) in [6, 6.07) is 15.5. The lowest BCUT2D eigenvalue weighted by atomic mass is 9.95. The van der Waals surface area contributed by atoms with Crippen molar-refractivity contribution >= 4 is 11.6 Å². The highest BCUT2D eigenvalue weighted by atomic mass is 16.6. The van der Waals surface area contributed by atoms with Gasteiger partial charge in [-0.05, 0) is 30.5 Å². The Morgan fingerprint density at radius 1 is 0.955 bits per heavy atom. The van der Waals surface area contributed by atoms with Gasteiger partial charge in [-0.2, -0.15) is 0 Å². The fourth-order valence-electron chi connectivity index (χ4n) is 2.90. The number of fused-ring (bicyclic) bond motifs is 1. The molecule has 4 nitrogen and oxygen atoms in total. The van der Waals surface area contributed by atoms with Crippen molar-refractivity contribution in [1.29, 1.82) is 0 Å². The Bertz CT molecular complexity index is 708. The molecule has 1 aliphatic carbocycles. The van der Waals surface area contributed by atoms with Crippen molar-refractivity contribution in [3.63, 3.8) is 0 Å². The number of ether oxygens (including phenoxy) is 2. The molecule has 2 aromatic carbocycles. The van der Waals surface area contributed by atoms with Crippen LogP contribution in [0.4, 0.5) is 5.69 Å². The maximum Gasteiger partial charge on any atom is 0.235 e. The number of anilines is 1. The summed E-state index contributed by atoms with van der Waals surface area (Å²) < 4.78 is 11.0. The first-order valence-electron chi connectivity index (χ1n) is 7.55. The lowest BCUT2D eigenvalue weighted by Gasteiger charge is -2.20. The molecule has 4 heteroatoms. The Hall–Kier alpha value is -2.49. The number of nitrogens with one attached hydrogen (secondary N) is 1. The van der Waals surface area contributed by atoms with Gasteiger partial charge in [0.25, 0.3) is 0 Å². The van der Waals surface area contributed by atoms with Crippen molar-refractivity contribution in [2.75, 3.05) is 18.5 Å². The minimum Gasteiger partial charge on any atom is -0.486 e. The minimum absolute atomic E-state index is 0.0513. The number of hydrogen-bond acceptors (Lipinski definition) is 3. The van der Waals surface area contributed by atoms with Crippen molar-refractivity contribution in [2.45, 2.75) is 18.3 Å². The molecule has 1 N–H and O–H groups in total. The van der Waals surface area contributed by atoms with Crippen LogP contribution < -0.4 is 14.8 Å². The number of amides is 1. The SMILES string of the molecule is O=C(Nc1ccc2c(c1)OCCO2)C1(c2ccccc2)CC1. The van der Waals surface area contributed by atoms with Gasteiger partial charge < -0.3 is 14.8 Å². The lowest BCUT2D eigenvalue weighted by Crippen LogP contribution is -2.27. The molecular weight excluding hydrogens is 278 g/mol. The first-order valence-corrected chi connectivity index (χ1v) is 7.55. The molecule has 0 saturated heterocycles. The van der Waals surface area contributed by atoms with E-state index in [0.717, 1.165) is 29.8 Å². The van der Waals surface area contributed by atoms with Crippen LogP contribution in [0.1, 0.15) is 18.4 Å². The maximum absolute atomic E-state index is 12.7. The Labute approximate surface area is 129 Å². The van der Waals surface area contributed by atoms with Gasteiger partial charge in [-0.3, -0.25) is 4.79 Å². The molecule has 0 atom stereocenters. The van der Waals surface area contributed by atoms with Crippen LogP contribution in [-0.4, -0.2) is 19.1 Å². The van der Waals surface area contributed by atoms with E-state index in [1.807, 2.05) is 48.5 Å². The Balaban J connectivity index is 1.55. The molecule has 0 spiro atoms. The topological polar surface area (TPSA) is 47.6 Å². The number of carbonyl (C=O) groups excluding carboxylic acids is 1. The second kappa shape index (κ2) is 5.05. The molecule has 1 aliphatic heterocycles. The summed E-state index contributed by atoms with van der Waals surface area (Å²) in [6.07, 6.45) is 1.79. The summed E-state index contributed by atoms with van der Waals surface area (Å²) in [4.78, 5) is 12.7.